The van der Waals surface area contributed by atoms with Crippen LogP contribution in [-0.4, -0.2) is 55.7 Å². The van der Waals surface area contributed by atoms with Gasteiger partial charge in [0.05, 0.1) is 22.8 Å². The summed E-state index contributed by atoms with van der Waals surface area (Å²) >= 11 is 0. The summed E-state index contributed by atoms with van der Waals surface area (Å²) in [6.07, 6.45) is -2.40. The monoisotopic (exact) mass is 611 g/mol. The minimum atomic E-state index is -4.49. The van der Waals surface area contributed by atoms with Crippen molar-refractivity contribution < 1.29 is 27.4 Å². The summed E-state index contributed by atoms with van der Waals surface area (Å²) in [5, 5.41) is 3.17. The maximum Gasteiger partial charge on any atom is 0.416 e. The van der Waals surface area contributed by atoms with E-state index < -0.39 is 29.0 Å². The molecular weight excluding hydrogens is 579 g/mol. The van der Waals surface area contributed by atoms with Gasteiger partial charge in [0.2, 0.25) is 11.8 Å². The Balaban J connectivity index is 1.47. The molecule has 14 heteroatoms. The summed E-state index contributed by atoms with van der Waals surface area (Å²) < 4.78 is 51.3. The van der Waals surface area contributed by atoms with E-state index in [1.165, 1.54) is 18.2 Å². The number of nitrogens with two attached hydrogens (primary N) is 1. The number of carbonyl (C=O) groups is 1. The lowest BCUT2D eigenvalue weighted by Gasteiger charge is -2.36. The molecule has 5 rings (SSSR count). The van der Waals surface area contributed by atoms with Crippen molar-refractivity contribution in [3.8, 4) is 22.9 Å². The Morgan fingerprint density at radius 2 is 1.84 bits per heavy atom. The highest BCUT2D eigenvalue weighted by Crippen LogP contribution is 2.33. The Hall–Kier alpha value is -4.88. The van der Waals surface area contributed by atoms with E-state index in [-0.39, 0.29) is 35.0 Å². The van der Waals surface area contributed by atoms with Crippen LogP contribution in [0.2, 0.25) is 0 Å². The fraction of sp³-hybridized carbons (Fsp3) is 0.367. The zero-order valence-corrected chi connectivity index (χ0v) is 24.4. The van der Waals surface area contributed by atoms with Gasteiger partial charge in [0, 0.05) is 24.7 Å². The van der Waals surface area contributed by atoms with Crippen molar-refractivity contribution in [2.75, 3.05) is 24.1 Å². The van der Waals surface area contributed by atoms with Gasteiger partial charge >= 0.3 is 12.3 Å². The number of H-pyrrole nitrogens is 1. The maximum absolute atomic E-state index is 13.2. The van der Waals surface area contributed by atoms with E-state index in [0.717, 1.165) is 31.4 Å². The van der Waals surface area contributed by atoms with Crippen LogP contribution in [0.5, 0.6) is 11.6 Å². The third-order valence-corrected chi connectivity index (χ3v) is 6.89. The van der Waals surface area contributed by atoms with Gasteiger partial charge in [-0.1, -0.05) is 18.2 Å². The number of aromatic nitrogens is 4. The average molecular weight is 612 g/mol. The number of hydrogen-bond donors (Lipinski definition) is 3. The van der Waals surface area contributed by atoms with Crippen LogP contribution in [0.4, 0.5) is 29.7 Å². The summed E-state index contributed by atoms with van der Waals surface area (Å²) in [5.41, 5.74) is 5.10. The second kappa shape index (κ2) is 12.0. The number of nitrogen functional groups attached to an aromatic ring is 1. The molecule has 1 atom stereocenters. The number of carbonyl (C=O) groups excluding carboxylic acids is 1. The van der Waals surface area contributed by atoms with Gasteiger partial charge < -0.3 is 30.4 Å². The summed E-state index contributed by atoms with van der Waals surface area (Å²) in [6.45, 7) is 6.26. The lowest BCUT2D eigenvalue weighted by molar-refractivity contribution is -0.137. The molecule has 2 aromatic heterocycles. The lowest BCUT2D eigenvalue weighted by Crippen LogP contribution is -2.49. The molecule has 4 N–H and O–H groups in total. The summed E-state index contributed by atoms with van der Waals surface area (Å²) in [5.74, 6) is 0.181. The van der Waals surface area contributed by atoms with E-state index in [2.05, 4.69) is 25.3 Å². The third kappa shape index (κ3) is 7.18. The Morgan fingerprint density at radius 1 is 1.09 bits per heavy atom. The Bertz CT molecular complexity index is 1720. The molecule has 232 valence electrons. The number of ether oxygens (including phenoxy) is 2. The van der Waals surface area contributed by atoms with Crippen LogP contribution in [0.3, 0.4) is 0 Å². The smallest absolute Gasteiger partial charge is 0.416 e. The minimum Gasteiger partial charge on any atom is -0.444 e. The van der Waals surface area contributed by atoms with E-state index in [9.17, 15) is 22.8 Å². The molecular formula is C30H32F3N7O4. The van der Waals surface area contributed by atoms with E-state index in [4.69, 9.17) is 15.2 Å². The molecule has 11 nitrogen and oxygen atoms in total. The highest BCUT2D eigenvalue weighted by atomic mass is 19.4. The van der Waals surface area contributed by atoms with Gasteiger partial charge in [-0.15, -0.1) is 0 Å². The van der Waals surface area contributed by atoms with E-state index >= 15 is 0 Å². The van der Waals surface area contributed by atoms with Gasteiger partial charge in [0.15, 0.2) is 11.6 Å². The number of fused-ring (bicyclic) bond motifs is 1. The molecule has 1 aliphatic rings. The van der Waals surface area contributed by atoms with Crippen LogP contribution in [0.25, 0.3) is 22.3 Å². The zero-order valence-electron chi connectivity index (χ0n) is 24.4. The molecule has 0 radical (unpaired) electrons. The standard InChI is InChI=1S/C30H32F3N7O4/c1-29(2,3)44-28(42)40-14-5-4-7-19(40)16-35-27-37-21(17-10-12-18(13-11-17)30(31,32)33)15-23(38-27)43-22-9-6-8-20-24(22)39-25(34)26(41)36-20/h6,8-13,15,19H,4-5,7,14,16H2,1-3H3,(H2,34,39)(H,36,41)(H,35,37,38). The number of rotatable bonds is 6. The average Bonchev–Trinajstić information content (AvgIpc) is 2.96. The molecule has 1 fully saturated rings. The van der Waals surface area contributed by atoms with Crippen molar-refractivity contribution >= 4 is 28.9 Å². The molecule has 1 amide bonds. The molecule has 1 unspecified atom stereocenters. The summed E-state index contributed by atoms with van der Waals surface area (Å²) in [4.78, 5) is 42.3. The maximum atomic E-state index is 13.2. The Kier molecular flexibility index (Phi) is 8.35. The number of alkyl halides is 3. The first-order chi connectivity index (χ1) is 20.8. The highest BCUT2D eigenvalue weighted by Gasteiger charge is 2.31. The number of para-hydroxylation sites is 1. The second-order valence-electron chi connectivity index (χ2n) is 11.4. The first-order valence-electron chi connectivity index (χ1n) is 14.0. The molecule has 0 bridgehead atoms. The number of nitrogens with zero attached hydrogens (tertiary/aromatic N) is 4. The Labute approximate surface area is 250 Å². The molecule has 1 saturated heterocycles. The van der Waals surface area contributed by atoms with Gasteiger partial charge in [0.25, 0.3) is 5.56 Å². The largest absolute Gasteiger partial charge is 0.444 e. The number of hydrogen-bond acceptors (Lipinski definition) is 9. The molecule has 1 aliphatic heterocycles. The number of piperidine rings is 1. The number of amides is 1. The van der Waals surface area contributed by atoms with Crippen LogP contribution < -0.4 is 21.3 Å². The number of nitrogens with one attached hydrogen (secondary N) is 2. The van der Waals surface area contributed by atoms with E-state index in [0.29, 0.717) is 29.9 Å². The summed E-state index contributed by atoms with van der Waals surface area (Å²) in [6, 6.07) is 10.7. The zero-order chi connectivity index (χ0) is 31.6. The number of benzene rings is 2. The van der Waals surface area contributed by atoms with Crippen molar-refractivity contribution in [3.05, 3.63) is 64.4 Å². The summed E-state index contributed by atoms with van der Waals surface area (Å²) in [7, 11) is 0. The molecule has 4 aromatic rings. The fourth-order valence-electron chi connectivity index (χ4n) is 4.81. The number of anilines is 2. The fourth-order valence-corrected chi connectivity index (χ4v) is 4.81. The van der Waals surface area contributed by atoms with Crippen molar-refractivity contribution in [3.63, 3.8) is 0 Å². The van der Waals surface area contributed by atoms with Gasteiger partial charge in [-0.05, 0) is 64.3 Å². The minimum absolute atomic E-state index is 0.0594. The first kappa shape index (κ1) is 30.6. The van der Waals surface area contributed by atoms with Crippen LogP contribution in [-0.2, 0) is 10.9 Å². The van der Waals surface area contributed by atoms with Crippen LogP contribution >= 0.6 is 0 Å². The van der Waals surface area contributed by atoms with E-state index in [1.807, 2.05) is 20.8 Å². The van der Waals surface area contributed by atoms with Crippen molar-refractivity contribution in [2.24, 2.45) is 0 Å². The number of likely N-dealkylation sites (tertiary alicyclic amines) is 1. The number of aromatic amines is 1. The quantitative estimate of drug-likeness (QED) is 0.240. The van der Waals surface area contributed by atoms with Gasteiger partial charge in [0.1, 0.15) is 11.1 Å². The Morgan fingerprint density at radius 3 is 2.55 bits per heavy atom. The SMILES string of the molecule is CC(C)(C)OC(=O)N1CCCCC1CNc1nc(Oc2cccc3[nH]c(=O)c(N)nc23)cc(-c2ccc(C(F)(F)F)cc2)n1. The lowest BCUT2D eigenvalue weighted by atomic mass is 10.0. The highest BCUT2D eigenvalue weighted by molar-refractivity contribution is 5.82. The van der Waals surface area contributed by atoms with Crippen LogP contribution in [0.15, 0.2) is 53.3 Å². The van der Waals surface area contributed by atoms with Gasteiger partial charge in [-0.25, -0.2) is 14.8 Å². The second-order valence-corrected chi connectivity index (χ2v) is 11.4. The predicted molar refractivity (Wildman–Crippen MR) is 158 cm³/mol. The normalized spacial score (nSPS) is 15.7. The first-order valence-corrected chi connectivity index (χ1v) is 14.0. The molecule has 2 aromatic carbocycles. The predicted octanol–water partition coefficient (Wildman–Crippen LogP) is 5.97. The molecule has 0 aliphatic carbocycles. The van der Waals surface area contributed by atoms with Crippen molar-refractivity contribution in [2.45, 2.75) is 57.9 Å². The molecule has 0 saturated carbocycles. The van der Waals surface area contributed by atoms with Gasteiger partial charge in [-0.3, -0.25) is 4.79 Å². The van der Waals surface area contributed by atoms with Crippen LogP contribution in [0, 0.1) is 0 Å². The van der Waals surface area contributed by atoms with Crippen LogP contribution in [0.1, 0.15) is 45.6 Å². The number of halogens is 3. The molecule has 44 heavy (non-hydrogen) atoms. The molecule has 0 spiro atoms. The van der Waals surface area contributed by atoms with Crippen molar-refractivity contribution in [1.82, 2.24) is 24.8 Å². The topological polar surface area (TPSA) is 148 Å². The van der Waals surface area contributed by atoms with Crippen molar-refractivity contribution in [1.29, 1.82) is 0 Å². The van der Waals surface area contributed by atoms with E-state index in [1.54, 1.807) is 23.1 Å². The van der Waals surface area contributed by atoms with Gasteiger partial charge in [-0.2, -0.15) is 18.2 Å². The third-order valence-electron chi connectivity index (χ3n) is 6.89. The molecule has 3 heterocycles.